The van der Waals surface area contributed by atoms with Crippen molar-refractivity contribution in [3.05, 3.63) is 42.1 Å². The summed E-state index contributed by atoms with van der Waals surface area (Å²) in [5, 5.41) is 3.38. The normalized spacial score (nSPS) is 15.6. The lowest BCUT2D eigenvalue weighted by Crippen LogP contribution is -2.41. The van der Waals surface area contributed by atoms with Gasteiger partial charge in [0.1, 0.15) is 17.3 Å². The number of ether oxygens (including phenoxy) is 1. The maximum Gasteiger partial charge on any atom is 0.409 e. The molecule has 0 spiro atoms. The summed E-state index contributed by atoms with van der Waals surface area (Å²) in [7, 11) is 1.62. The van der Waals surface area contributed by atoms with Crippen LogP contribution in [0.4, 0.5) is 24.8 Å². The van der Waals surface area contributed by atoms with Crippen molar-refractivity contribution < 1.29 is 17.9 Å². The SMILES string of the molecule is COc1ccc(Nc2nc3ccc(C(N(CCC(C)C)CCC(C)C)C(F)(F)F)nc3n2CCCN2CCCCC2)cc1. The molecule has 0 amide bonds. The highest BCUT2D eigenvalue weighted by atomic mass is 19.4. The van der Waals surface area contributed by atoms with E-state index in [2.05, 4.69) is 10.2 Å². The molecule has 43 heavy (non-hydrogen) atoms. The number of nitrogens with one attached hydrogen (secondary N) is 1. The van der Waals surface area contributed by atoms with Crippen LogP contribution in [0, 0.1) is 11.8 Å². The Morgan fingerprint density at radius 3 is 2.12 bits per heavy atom. The zero-order chi connectivity index (χ0) is 31.0. The van der Waals surface area contributed by atoms with Gasteiger partial charge in [-0.15, -0.1) is 0 Å². The maximum atomic E-state index is 14.8. The molecule has 4 rings (SSSR count). The van der Waals surface area contributed by atoms with E-state index in [0.717, 1.165) is 37.5 Å². The third-order valence-corrected chi connectivity index (χ3v) is 8.21. The predicted molar refractivity (Wildman–Crippen MR) is 168 cm³/mol. The fourth-order valence-electron chi connectivity index (χ4n) is 5.69. The first kappa shape index (κ1) is 33.1. The zero-order valence-electron chi connectivity index (χ0n) is 26.5. The Kier molecular flexibility index (Phi) is 11.7. The van der Waals surface area contributed by atoms with E-state index in [1.54, 1.807) is 18.1 Å². The summed E-state index contributed by atoms with van der Waals surface area (Å²) in [4.78, 5) is 13.6. The van der Waals surface area contributed by atoms with Crippen molar-refractivity contribution in [1.82, 2.24) is 24.3 Å². The van der Waals surface area contributed by atoms with Gasteiger partial charge in [-0.2, -0.15) is 13.2 Å². The van der Waals surface area contributed by atoms with Gasteiger partial charge in [0.05, 0.1) is 12.8 Å². The van der Waals surface area contributed by atoms with Crippen molar-refractivity contribution in [3.8, 4) is 5.75 Å². The Morgan fingerprint density at radius 2 is 1.53 bits per heavy atom. The molecule has 1 saturated heterocycles. The largest absolute Gasteiger partial charge is 0.497 e. The number of nitrogens with zero attached hydrogens (tertiary/aromatic N) is 5. The summed E-state index contributed by atoms with van der Waals surface area (Å²) in [5.41, 5.74) is 1.90. The average Bonchev–Trinajstić information content (AvgIpc) is 3.30. The van der Waals surface area contributed by atoms with Crippen LogP contribution in [-0.2, 0) is 6.54 Å². The van der Waals surface area contributed by atoms with Gasteiger partial charge in [0.2, 0.25) is 5.95 Å². The predicted octanol–water partition coefficient (Wildman–Crippen LogP) is 8.06. The van der Waals surface area contributed by atoms with E-state index in [9.17, 15) is 13.2 Å². The molecule has 1 unspecified atom stereocenters. The molecule has 1 fully saturated rings. The zero-order valence-corrected chi connectivity index (χ0v) is 26.5. The van der Waals surface area contributed by atoms with Gasteiger partial charge in [-0.3, -0.25) is 9.47 Å². The third kappa shape index (κ3) is 9.32. The van der Waals surface area contributed by atoms with E-state index < -0.39 is 12.2 Å². The summed E-state index contributed by atoms with van der Waals surface area (Å²) in [6.45, 7) is 12.7. The van der Waals surface area contributed by atoms with Crippen LogP contribution < -0.4 is 10.1 Å². The van der Waals surface area contributed by atoms with Crippen LogP contribution in [0.15, 0.2) is 36.4 Å². The summed E-state index contributed by atoms with van der Waals surface area (Å²) in [6, 6.07) is 8.95. The number of likely N-dealkylation sites (tertiary alicyclic amines) is 1. The fourth-order valence-corrected chi connectivity index (χ4v) is 5.69. The van der Waals surface area contributed by atoms with Crippen LogP contribution >= 0.6 is 0 Å². The molecule has 1 atom stereocenters. The average molecular weight is 603 g/mol. The smallest absolute Gasteiger partial charge is 0.409 e. The number of anilines is 2. The van der Waals surface area contributed by atoms with Crippen molar-refractivity contribution >= 4 is 22.8 Å². The molecule has 10 heteroatoms. The molecule has 7 nitrogen and oxygen atoms in total. The van der Waals surface area contributed by atoms with Crippen LogP contribution in [0.5, 0.6) is 5.75 Å². The highest BCUT2D eigenvalue weighted by molar-refractivity contribution is 5.76. The van der Waals surface area contributed by atoms with Crippen molar-refractivity contribution in [2.75, 3.05) is 45.2 Å². The number of hydrogen-bond donors (Lipinski definition) is 1. The summed E-state index contributed by atoms with van der Waals surface area (Å²) in [5.74, 6) is 1.92. The number of piperidine rings is 1. The fraction of sp³-hybridized carbons (Fsp3) is 0.636. The summed E-state index contributed by atoms with van der Waals surface area (Å²) >= 11 is 0. The van der Waals surface area contributed by atoms with Crippen LogP contribution in [0.1, 0.15) is 78.0 Å². The lowest BCUT2D eigenvalue weighted by Gasteiger charge is -2.33. The van der Waals surface area contributed by atoms with Gasteiger partial charge in [-0.1, -0.05) is 34.1 Å². The molecule has 0 bridgehead atoms. The second-order valence-corrected chi connectivity index (χ2v) is 12.6. The van der Waals surface area contributed by atoms with Crippen LogP contribution in [0.2, 0.25) is 0 Å². The molecule has 0 saturated carbocycles. The monoisotopic (exact) mass is 602 g/mol. The first-order chi connectivity index (χ1) is 20.5. The number of halogens is 3. The molecule has 1 aliphatic heterocycles. The highest BCUT2D eigenvalue weighted by Gasteiger charge is 2.45. The lowest BCUT2D eigenvalue weighted by molar-refractivity contribution is -0.188. The Bertz CT molecular complexity index is 1260. The number of imidazole rings is 1. The van der Waals surface area contributed by atoms with E-state index in [-0.39, 0.29) is 5.69 Å². The van der Waals surface area contributed by atoms with Crippen LogP contribution in [-0.4, -0.2) is 70.3 Å². The van der Waals surface area contributed by atoms with Crippen LogP contribution in [0.3, 0.4) is 0 Å². The van der Waals surface area contributed by atoms with Crippen molar-refractivity contribution in [1.29, 1.82) is 0 Å². The Hall–Kier alpha value is -2.85. The molecule has 1 N–H and O–H groups in total. The number of rotatable bonds is 15. The van der Waals surface area contributed by atoms with Gasteiger partial charge in [0, 0.05) is 12.2 Å². The third-order valence-electron chi connectivity index (χ3n) is 8.21. The standard InChI is InChI=1S/C33H49F3N6O/c1-24(2)16-22-41(23-17-25(3)4)30(33(34,35)36)28-14-15-29-31(38-28)42(21-9-20-40-18-7-6-8-19-40)32(39-29)37-26-10-12-27(43-5)13-11-26/h10-15,24-25,30H,6-9,16-23H2,1-5H3,(H,37,39). The molecule has 1 aromatic carbocycles. The van der Waals surface area contributed by atoms with Gasteiger partial charge < -0.3 is 15.0 Å². The molecule has 3 heterocycles. The molecule has 238 valence electrons. The second-order valence-electron chi connectivity index (χ2n) is 12.6. The minimum atomic E-state index is -4.46. The van der Waals surface area contributed by atoms with Crippen molar-refractivity contribution in [2.24, 2.45) is 11.8 Å². The molecular weight excluding hydrogens is 553 g/mol. The van der Waals surface area contributed by atoms with E-state index in [0.29, 0.717) is 61.4 Å². The molecule has 0 radical (unpaired) electrons. The minimum absolute atomic E-state index is 0.0284. The van der Waals surface area contributed by atoms with Crippen molar-refractivity contribution in [3.63, 3.8) is 0 Å². The Balaban J connectivity index is 1.70. The van der Waals surface area contributed by atoms with Crippen molar-refractivity contribution in [2.45, 2.75) is 85.0 Å². The van der Waals surface area contributed by atoms with Gasteiger partial charge >= 0.3 is 6.18 Å². The Labute approximate surface area is 254 Å². The summed E-state index contributed by atoms with van der Waals surface area (Å²) < 4.78 is 51.7. The lowest BCUT2D eigenvalue weighted by atomic mass is 10.0. The molecule has 3 aromatic rings. The van der Waals surface area contributed by atoms with Gasteiger partial charge in [0.25, 0.3) is 0 Å². The second kappa shape index (κ2) is 15.2. The van der Waals surface area contributed by atoms with Gasteiger partial charge in [-0.25, -0.2) is 9.97 Å². The minimum Gasteiger partial charge on any atom is -0.497 e. The van der Waals surface area contributed by atoms with E-state index in [4.69, 9.17) is 14.7 Å². The molecular formula is C33H49F3N6O. The number of alkyl halides is 3. The summed E-state index contributed by atoms with van der Waals surface area (Å²) in [6.07, 6.45) is 1.48. The first-order valence-electron chi connectivity index (χ1n) is 15.9. The first-order valence-corrected chi connectivity index (χ1v) is 15.9. The number of aryl methyl sites for hydroxylation is 1. The molecule has 2 aromatic heterocycles. The highest BCUT2D eigenvalue weighted by Crippen LogP contribution is 2.38. The maximum absolute atomic E-state index is 14.8. The number of hydrogen-bond acceptors (Lipinski definition) is 6. The van der Waals surface area contributed by atoms with Gasteiger partial charge in [0.15, 0.2) is 5.65 Å². The van der Waals surface area contributed by atoms with Crippen LogP contribution in [0.25, 0.3) is 11.2 Å². The number of methoxy groups -OCH3 is 1. The molecule has 0 aliphatic carbocycles. The van der Waals surface area contributed by atoms with E-state index >= 15 is 0 Å². The number of fused-ring (bicyclic) bond motifs is 1. The Morgan fingerprint density at radius 1 is 0.884 bits per heavy atom. The number of benzene rings is 1. The van der Waals surface area contributed by atoms with E-state index in [1.165, 1.54) is 25.3 Å². The van der Waals surface area contributed by atoms with E-state index in [1.807, 2.05) is 56.5 Å². The number of aromatic nitrogens is 3. The topological polar surface area (TPSA) is 58.5 Å². The number of pyridine rings is 1. The quantitative estimate of drug-likeness (QED) is 0.190. The molecule has 1 aliphatic rings. The van der Waals surface area contributed by atoms with Gasteiger partial charge in [-0.05, 0) is 113 Å².